The fourth-order valence-corrected chi connectivity index (χ4v) is 4.94. The lowest BCUT2D eigenvalue weighted by atomic mass is 9.93. The summed E-state index contributed by atoms with van der Waals surface area (Å²) in [5.74, 6) is -0.0183. The zero-order chi connectivity index (χ0) is 25.2. The Morgan fingerprint density at radius 2 is 2.00 bits per heavy atom. The van der Waals surface area contributed by atoms with Crippen molar-refractivity contribution in [2.24, 2.45) is 0 Å². The maximum absolute atomic E-state index is 11.7. The van der Waals surface area contributed by atoms with E-state index in [-0.39, 0.29) is 11.6 Å². The number of para-hydroxylation sites is 1. The van der Waals surface area contributed by atoms with Crippen LogP contribution >= 0.6 is 0 Å². The minimum Gasteiger partial charge on any atom is -0.478 e. The summed E-state index contributed by atoms with van der Waals surface area (Å²) in [6.45, 7) is 5.46. The molecule has 182 valence electrons. The monoisotopic (exact) mass is 481 g/mol. The zero-order valence-electron chi connectivity index (χ0n) is 20.2. The Hall–Kier alpha value is -4.45. The number of H-pyrrole nitrogens is 1. The number of anilines is 2. The van der Waals surface area contributed by atoms with Crippen molar-refractivity contribution in [1.82, 2.24) is 20.2 Å². The molecule has 0 aliphatic carbocycles. The van der Waals surface area contributed by atoms with Crippen LogP contribution in [-0.2, 0) is 0 Å². The van der Waals surface area contributed by atoms with Crippen molar-refractivity contribution in [3.8, 4) is 6.07 Å². The number of aromatic amines is 1. The van der Waals surface area contributed by atoms with E-state index in [1.54, 1.807) is 24.3 Å². The molecule has 0 radical (unpaired) electrons. The predicted octanol–water partition coefficient (Wildman–Crippen LogP) is 4.79. The molecule has 1 atom stereocenters. The fraction of sp³-hybridized carbons (Fsp3) is 0.296. The van der Waals surface area contributed by atoms with Crippen LogP contribution in [0.25, 0.3) is 11.0 Å². The molecule has 9 heteroatoms. The Labute approximate surface area is 208 Å². The molecule has 0 bridgehead atoms. The molecule has 0 spiro atoms. The van der Waals surface area contributed by atoms with Crippen molar-refractivity contribution in [3.05, 3.63) is 76.7 Å². The Morgan fingerprint density at radius 1 is 1.22 bits per heavy atom. The number of nitrogens with one attached hydrogen (secondary N) is 2. The number of aromatic nitrogens is 4. The van der Waals surface area contributed by atoms with Gasteiger partial charge >= 0.3 is 5.97 Å². The second-order valence-corrected chi connectivity index (χ2v) is 9.21. The van der Waals surface area contributed by atoms with Crippen molar-refractivity contribution < 1.29 is 9.90 Å². The van der Waals surface area contributed by atoms with E-state index < -0.39 is 5.97 Å². The first-order valence-corrected chi connectivity index (χ1v) is 12.0. The lowest BCUT2D eigenvalue weighted by Gasteiger charge is -2.32. The lowest BCUT2D eigenvalue weighted by molar-refractivity contribution is 0.0698. The van der Waals surface area contributed by atoms with Crippen molar-refractivity contribution >= 4 is 28.5 Å². The fourth-order valence-electron chi connectivity index (χ4n) is 4.94. The number of nitriles is 1. The van der Waals surface area contributed by atoms with Gasteiger partial charge in [-0.25, -0.2) is 14.8 Å². The molecule has 1 saturated heterocycles. The van der Waals surface area contributed by atoms with E-state index in [1.165, 1.54) is 0 Å². The van der Waals surface area contributed by atoms with Gasteiger partial charge in [0.05, 0.1) is 28.3 Å². The zero-order valence-corrected chi connectivity index (χ0v) is 20.2. The quantitative estimate of drug-likeness (QED) is 0.358. The highest BCUT2D eigenvalue weighted by Crippen LogP contribution is 2.33. The molecule has 1 aliphatic rings. The molecule has 0 unspecified atom stereocenters. The Balaban J connectivity index is 1.50. The molecule has 1 aliphatic heterocycles. The summed E-state index contributed by atoms with van der Waals surface area (Å²) < 4.78 is 0. The van der Waals surface area contributed by atoms with Gasteiger partial charge < -0.3 is 15.3 Å². The van der Waals surface area contributed by atoms with Crippen molar-refractivity contribution in [2.45, 2.75) is 38.6 Å². The number of carboxylic acids is 1. The number of nitrogens with zero attached hydrogens (tertiary/aromatic N) is 5. The molecule has 0 saturated carbocycles. The van der Waals surface area contributed by atoms with Gasteiger partial charge in [0.15, 0.2) is 11.5 Å². The molecular formula is C27H27N7O2. The maximum Gasteiger partial charge on any atom is 0.337 e. The highest BCUT2D eigenvalue weighted by atomic mass is 16.4. The summed E-state index contributed by atoms with van der Waals surface area (Å²) in [6, 6.07) is 14.8. The van der Waals surface area contributed by atoms with Crippen LogP contribution in [0.15, 0.2) is 48.7 Å². The van der Waals surface area contributed by atoms with Gasteiger partial charge in [-0.15, -0.1) is 0 Å². The van der Waals surface area contributed by atoms with Crippen LogP contribution < -0.4 is 10.2 Å². The molecule has 36 heavy (non-hydrogen) atoms. The highest BCUT2D eigenvalue weighted by molar-refractivity contribution is 5.94. The van der Waals surface area contributed by atoms with E-state index in [0.717, 1.165) is 42.8 Å². The number of fused-ring (bicyclic) bond motifs is 1. The van der Waals surface area contributed by atoms with Gasteiger partial charge in [-0.2, -0.15) is 10.4 Å². The summed E-state index contributed by atoms with van der Waals surface area (Å²) in [6.07, 6.45) is 3.68. The average Bonchev–Trinajstić information content (AvgIpc) is 3.43. The second-order valence-electron chi connectivity index (χ2n) is 9.21. The number of carboxylic acid groups (broad SMARTS) is 1. The van der Waals surface area contributed by atoms with E-state index in [4.69, 9.17) is 4.98 Å². The van der Waals surface area contributed by atoms with Gasteiger partial charge in [-0.1, -0.05) is 18.2 Å². The second kappa shape index (κ2) is 9.66. The largest absolute Gasteiger partial charge is 0.478 e. The Bertz CT molecular complexity index is 1450. The summed E-state index contributed by atoms with van der Waals surface area (Å²) in [4.78, 5) is 23.5. The summed E-state index contributed by atoms with van der Waals surface area (Å²) in [5, 5.41) is 30.0. The number of hydrogen-bond acceptors (Lipinski definition) is 7. The molecule has 9 nitrogen and oxygen atoms in total. The molecule has 3 N–H and O–H groups in total. The van der Waals surface area contributed by atoms with Gasteiger partial charge in [-0.3, -0.25) is 5.10 Å². The number of aryl methyl sites for hydroxylation is 1. The van der Waals surface area contributed by atoms with Crippen LogP contribution in [0.2, 0.25) is 0 Å². The van der Waals surface area contributed by atoms with Gasteiger partial charge in [-0.05, 0) is 56.5 Å². The SMILES string of the molecule is Cc1cc([C@@H](C)Nc2ccccc2C(=O)O)c2nc(N3CCC(c4cc[nH]n4)CC3)c(C#N)nc2c1. The highest BCUT2D eigenvalue weighted by Gasteiger charge is 2.26. The van der Waals surface area contributed by atoms with Crippen molar-refractivity contribution in [3.63, 3.8) is 0 Å². The summed E-state index contributed by atoms with van der Waals surface area (Å²) in [7, 11) is 0. The third kappa shape index (κ3) is 4.45. The minimum atomic E-state index is -0.988. The standard InChI is InChI=1S/C27H27N7O2/c1-16-13-20(17(2)30-22-6-4-3-5-19(22)27(35)36)25-23(14-16)31-24(15-28)26(32-25)34-11-8-18(9-12-34)21-7-10-29-33-21/h3-7,10,13-14,17-18,30H,8-9,11-12H2,1-2H3,(H,29,33)(H,35,36)/t17-/m1/s1. The van der Waals surface area contributed by atoms with Gasteiger partial charge in [0, 0.05) is 36.5 Å². The third-order valence-corrected chi connectivity index (χ3v) is 6.76. The Kier molecular flexibility index (Phi) is 6.25. The maximum atomic E-state index is 11.7. The number of aromatic carboxylic acids is 1. The van der Waals surface area contributed by atoms with Gasteiger partial charge in [0.2, 0.25) is 0 Å². The van der Waals surface area contributed by atoms with Crippen molar-refractivity contribution in [2.75, 3.05) is 23.3 Å². The van der Waals surface area contributed by atoms with E-state index in [2.05, 4.69) is 31.5 Å². The number of rotatable bonds is 6. The Morgan fingerprint density at radius 3 is 2.69 bits per heavy atom. The summed E-state index contributed by atoms with van der Waals surface area (Å²) >= 11 is 0. The van der Waals surface area contributed by atoms with E-state index in [0.29, 0.717) is 34.2 Å². The molecular weight excluding hydrogens is 454 g/mol. The minimum absolute atomic E-state index is 0.208. The van der Waals surface area contributed by atoms with Crippen LogP contribution in [-0.4, -0.2) is 44.3 Å². The van der Waals surface area contributed by atoms with Crippen LogP contribution in [0, 0.1) is 18.3 Å². The first kappa shape index (κ1) is 23.3. The first-order chi connectivity index (χ1) is 17.4. The molecule has 2 aromatic heterocycles. The van der Waals surface area contributed by atoms with E-state index in [9.17, 15) is 15.2 Å². The van der Waals surface area contributed by atoms with Crippen LogP contribution in [0.4, 0.5) is 11.5 Å². The predicted molar refractivity (Wildman–Crippen MR) is 137 cm³/mol. The van der Waals surface area contributed by atoms with E-state index >= 15 is 0 Å². The van der Waals surface area contributed by atoms with Gasteiger partial charge in [0.25, 0.3) is 0 Å². The normalized spacial score (nSPS) is 15.0. The number of hydrogen-bond donors (Lipinski definition) is 3. The molecule has 4 aromatic rings. The third-order valence-electron chi connectivity index (χ3n) is 6.76. The molecule has 0 amide bonds. The van der Waals surface area contributed by atoms with Crippen LogP contribution in [0.1, 0.15) is 64.6 Å². The van der Waals surface area contributed by atoms with E-state index in [1.807, 2.05) is 38.2 Å². The van der Waals surface area contributed by atoms with Crippen LogP contribution in [0.5, 0.6) is 0 Å². The van der Waals surface area contributed by atoms with Crippen molar-refractivity contribution in [1.29, 1.82) is 5.26 Å². The average molecular weight is 482 g/mol. The summed E-state index contributed by atoms with van der Waals surface area (Å²) in [5.41, 5.74) is 5.37. The molecule has 5 rings (SSSR count). The number of carbonyl (C=O) groups is 1. The number of piperidine rings is 1. The molecule has 1 fully saturated rings. The van der Waals surface area contributed by atoms with Gasteiger partial charge in [0.1, 0.15) is 6.07 Å². The number of benzene rings is 2. The van der Waals surface area contributed by atoms with Crippen LogP contribution in [0.3, 0.4) is 0 Å². The molecule has 3 heterocycles. The smallest absolute Gasteiger partial charge is 0.337 e. The first-order valence-electron chi connectivity index (χ1n) is 12.0. The lowest BCUT2D eigenvalue weighted by Crippen LogP contribution is -2.34. The molecule has 2 aromatic carbocycles. The topological polar surface area (TPSA) is 131 Å².